The van der Waals surface area contributed by atoms with Crippen LogP contribution in [0.4, 0.5) is 0 Å². The lowest BCUT2D eigenvalue weighted by molar-refractivity contribution is -0.128. The number of amides is 1. The zero-order chi connectivity index (χ0) is 9.42. The first-order valence-electron chi connectivity index (χ1n) is 4.47. The summed E-state index contributed by atoms with van der Waals surface area (Å²) in [6, 6.07) is 0.308. The molecule has 1 aliphatic carbocycles. The number of carbonyl (C=O) groups is 1. The maximum Gasteiger partial charge on any atom is 0.225 e. The molecule has 2 aliphatic rings. The molecule has 2 N–H and O–H groups in total. The standard InChI is InChI=1S/C8H12Br2N2O/c9-4-1-5-7(6(10)2-4)11-3-12-8(5)13/h4-7,11H,1-3H2,(H,12,13). The minimum atomic E-state index is 0.122. The van der Waals surface area contributed by atoms with Crippen molar-refractivity contribution in [3.05, 3.63) is 0 Å². The van der Waals surface area contributed by atoms with Gasteiger partial charge in [0.25, 0.3) is 0 Å². The van der Waals surface area contributed by atoms with Gasteiger partial charge in [-0.25, -0.2) is 0 Å². The van der Waals surface area contributed by atoms with E-state index in [4.69, 9.17) is 0 Å². The fourth-order valence-electron chi connectivity index (χ4n) is 2.09. The predicted octanol–water partition coefficient (Wildman–Crippen LogP) is 0.969. The molecule has 4 unspecified atom stereocenters. The Kier molecular flexibility index (Phi) is 2.95. The summed E-state index contributed by atoms with van der Waals surface area (Å²) in [5.74, 6) is 0.314. The number of halogens is 2. The zero-order valence-corrected chi connectivity index (χ0v) is 10.3. The Morgan fingerprint density at radius 1 is 1.31 bits per heavy atom. The van der Waals surface area contributed by atoms with E-state index in [1.54, 1.807) is 0 Å². The molecule has 0 aromatic carbocycles. The molecule has 74 valence electrons. The molecule has 3 nitrogen and oxygen atoms in total. The molecule has 1 saturated heterocycles. The van der Waals surface area contributed by atoms with Crippen LogP contribution in [0.25, 0.3) is 0 Å². The van der Waals surface area contributed by atoms with Crippen LogP contribution in [0.2, 0.25) is 0 Å². The lowest BCUT2D eigenvalue weighted by Crippen LogP contribution is -2.60. The van der Waals surface area contributed by atoms with Gasteiger partial charge in [-0.15, -0.1) is 0 Å². The van der Waals surface area contributed by atoms with Crippen LogP contribution in [-0.4, -0.2) is 28.3 Å². The highest BCUT2D eigenvalue weighted by atomic mass is 79.9. The summed E-state index contributed by atoms with van der Waals surface area (Å²) in [5, 5.41) is 6.15. The lowest BCUT2D eigenvalue weighted by atomic mass is 9.83. The molecular weight excluding hydrogens is 300 g/mol. The SMILES string of the molecule is O=C1NCNC2C(Br)CC(Br)CC12. The van der Waals surface area contributed by atoms with Crippen molar-refractivity contribution in [3.63, 3.8) is 0 Å². The average Bonchev–Trinajstić information content (AvgIpc) is 2.07. The van der Waals surface area contributed by atoms with Crippen molar-refractivity contribution in [2.75, 3.05) is 6.67 Å². The summed E-state index contributed by atoms with van der Waals surface area (Å²) in [5.41, 5.74) is 0. The maximum atomic E-state index is 11.5. The van der Waals surface area contributed by atoms with Crippen molar-refractivity contribution in [2.45, 2.75) is 28.5 Å². The molecule has 0 aromatic rings. The number of hydrogen-bond donors (Lipinski definition) is 2. The molecule has 1 aliphatic heterocycles. The van der Waals surface area contributed by atoms with E-state index in [2.05, 4.69) is 42.5 Å². The van der Waals surface area contributed by atoms with Crippen molar-refractivity contribution in [2.24, 2.45) is 5.92 Å². The van der Waals surface area contributed by atoms with Gasteiger partial charge in [0.1, 0.15) is 0 Å². The fourth-order valence-corrected chi connectivity index (χ4v) is 4.40. The third-order valence-corrected chi connectivity index (χ3v) is 4.44. The highest BCUT2D eigenvalue weighted by Gasteiger charge is 2.41. The van der Waals surface area contributed by atoms with Crippen molar-refractivity contribution < 1.29 is 4.79 Å². The maximum absolute atomic E-state index is 11.5. The van der Waals surface area contributed by atoms with Crippen molar-refractivity contribution in [3.8, 4) is 0 Å². The Hall–Kier alpha value is 0.390. The van der Waals surface area contributed by atoms with E-state index in [0.29, 0.717) is 22.4 Å². The predicted molar refractivity (Wildman–Crippen MR) is 58.1 cm³/mol. The van der Waals surface area contributed by atoms with E-state index in [1.807, 2.05) is 0 Å². The van der Waals surface area contributed by atoms with Crippen LogP contribution in [0.1, 0.15) is 12.8 Å². The molecular formula is C8H12Br2N2O. The second-order valence-electron chi connectivity index (χ2n) is 3.64. The van der Waals surface area contributed by atoms with E-state index >= 15 is 0 Å². The van der Waals surface area contributed by atoms with Crippen molar-refractivity contribution in [1.29, 1.82) is 0 Å². The number of fused-ring (bicyclic) bond motifs is 1. The summed E-state index contributed by atoms with van der Waals surface area (Å²) >= 11 is 7.21. The average molecular weight is 312 g/mol. The van der Waals surface area contributed by atoms with Crippen molar-refractivity contribution in [1.82, 2.24) is 10.6 Å². The fraction of sp³-hybridized carbons (Fsp3) is 0.875. The van der Waals surface area contributed by atoms with Crippen LogP contribution in [-0.2, 0) is 4.79 Å². The quantitative estimate of drug-likeness (QED) is 0.655. The number of carbonyl (C=O) groups excluding carboxylic acids is 1. The van der Waals surface area contributed by atoms with Gasteiger partial charge in [0, 0.05) is 15.7 Å². The van der Waals surface area contributed by atoms with Gasteiger partial charge in [-0.3, -0.25) is 10.1 Å². The van der Waals surface area contributed by atoms with Gasteiger partial charge < -0.3 is 5.32 Å². The number of hydrogen-bond acceptors (Lipinski definition) is 2. The van der Waals surface area contributed by atoms with E-state index in [9.17, 15) is 4.79 Å². The molecule has 1 saturated carbocycles. The van der Waals surface area contributed by atoms with Gasteiger partial charge >= 0.3 is 0 Å². The number of nitrogens with one attached hydrogen (secondary N) is 2. The Balaban J connectivity index is 2.12. The monoisotopic (exact) mass is 310 g/mol. The molecule has 4 atom stereocenters. The molecule has 0 bridgehead atoms. The molecule has 0 aromatic heterocycles. The van der Waals surface area contributed by atoms with Gasteiger partial charge in [-0.2, -0.15) is 0 Å². The Labute approximate surface area is 94.3 Å². The van der Waals surface area contributed by atoms with Crippen LogP contribution in [0.5, 0.6) is 0 Å². The Morgan fingerprint density at radius 3 is 2.85 bits per heavy atom. The third-order valence-electron chi connectivity index (χ3n) is 2.75. The van der Waals surface area contributed by atoms with Gasteiger partial charge in [-0.1, -0.05) is 31.9 Å². The smallest absolute Gasteiger partial charge is 0.225 e. The molecule has 13 heavy (non-hydrogen) atoms. The first-order chi connectivity index (χ1) is 6.18. The van der Waals surface area contributed by atoms with Crippen LogP contribution in [0.3, 0.4) is 0 Å². The molecule has 0 radical (unpaired) electrons. The second-order valence-corrected chi connectivity index (χ2v) is 6.11. The molecule has 1 amide bonds. The van der Waals surface area contributed by atoms with E-state index in [-0.39, 0.29) is 11.8 Å². The van der Waals surface area contributed by atoms with E-state index < -0.39 is 0 Å². The van der Waals surface area contributed by atoms with Gasteiger partial charge in [0.05, 0.1) is 12.6 Å². The van der Waals surface area contributed by atoms with Crippen LogP contribution < -0.4 is 10.6 Å². The highest BCUT2D eigenvalue weighted by Crippen LogP contribution is 2.34. The molecule has 0 spiro atoms. The molecule has 1 heterocycles. The minimum Gasteiger partial charge on any atom is -0.343 e. The summed E-state index contributed by atoms with van der Waals surface area (Å²) in [6.07, 6.45) is 2.02. The van der Waals surface area contributed by atoms with Crippen LogP contribution >= 0.6 is 31.9 Å². The number of alkyl halides is 2. The number of rotatable bonds is 0. The van der Waals surface area contributed by atoms with Crippen LogP contribution in [0.15, 0.2) is 0 Å². The highest BCUT2D eigenvalue weighted by molar-refractivity contribution is 9.10. The third kappa shape index (κ3) is 1.92. The molecule has 2 rings (SSSR count). The Morgan fingerprint density at radius 2 is 2.08 bits per heavy atom. The van der Waals surface area contributed by atoms with Crippen LogP contribution in [0, 0.1) is 5.92 Å². The summed E-state index contributed by atoms with van der Waals surface area (Å²) in [4.78, 5) is 12.4. The lowest BCUT2D eigenvalue weighted by Gasteiger charge is -2.40. The largest absolute Gasteiger partial charge is 0.343 e. The van der Waals surface area contributed by atoms with Gasteiger partial charge in [-0.05, 0) is 12.8 Å². The minimum absolute atomic E-state index is 0.122. The van der Waals surface area contributed by atoms with E-state index in [1.165, 1.54) is 0 Å². The first kappa shape index (κ1) is 9.93. The summed E-state index contributed by atoms with van der Waals surface area (Å²) in [7, 11) is 0. The first-order valence-corrected chi connectivity index (χ1v) is 6.31. The van der Waals surface area contributed by atoms with Crippen molar-refractivity contribution >= 4 is 37.8 Å². The Bertz CT molecular complexity index is 224. The van der Waals surface area contributed by atoms with Gasteiger partial charge in [0.15, 0.2) is 0 Å². The van der Waals surface area contributed by atoms with Gasteiger partial charge in [0.2, 0.25) is 5.91 Å². The second kappa shape index (κ2) is 3.87. The zero-order valence-electron chi connectivity index (χ0n) is 7.09. The normalized spacial score (nSPS) is 45.2. The topological polar surface area (TPSA) is 41.1 Å². The molecule has 5 heteroatoms. The summed E-state index contributed by atoms with van der Waals surface area (Å²) in [6.45, 7) is 0.606. The molecule has 2 fully saturated rings. The van der Waals surface area contributed by atoms with E-state index in [0.717, 1.165) is 12.8 Å². The summed E-state index contributed by atoms with van der Waals surface area (Å²) < 4.78 is 0.